The van der Waals surface area contributed by atoms with Crippen molar-refractivity contribution in [3.8, 4) is 0 Å². The maximum Gasteiger partial charge on any atom is 0.138 e. The molecule has 1 heterocycles. The van der Waals surface area contributed by atoms with Gasteiger partial charge in [0.25, 0.3) is 0 Å². The van der Waals surface area contributed by atoms with Gasteiger partial charge in [0, 0.05) is 5.39 Å². The third kappa shape index (κ3) is 1.63. The molecule has 1 atom stereocenters. The van der Waals surface area contributed by atoms with Gasteiger partial charge in [0.05, 0.1) is 6.04 Å². The molecule has 16 heavy (non-hydrogen) atoms. The van der Waals surface area contributed by atoms with Crippen LogP contribution < -0.4 is 5.73 Å². The minimum absolute atomic E-state index is 0.0487. The fourth-order valence-corrected chi connectivity index (χ4v) is 2.17. The molecule has 0 aliphatic rings. The molecule has 0 fully saturated rings. The number of hydrogen-bond acceptors (Lipinski definition) is 2. The van der Waals surface area contributed by atoms with E-state index in [0.29, 0.717) is 5.92 Å². The van der Waals surface area contributed by atoms with Gasteiger partial charge in [-0.15, -0.1) is 0 Å². The normalized spacial score (nSPS) is 13.6. The van der Waals surface area contributed by atoms with Crippen LogP contribution >= 0.6 is 0 Å². The minimum Gasteiger partial charge on any atom is -0.459 e. The quantitative estimate of drug-likeness (QED) is 0.829. The summed E-state index contributed by atoms with van der Waals surface area (Å²) in [6.07, 6.45) is 0. The predicted octanol–water partition coefficient (Wildman–Crippen LogP) is 3.88. The molecule has 1 unspecified atom stereocenters. The van der Waals surface area contributed by atoms with E-state index < -0.39 is 0 Å². The van der Waals surface area contributed by atoms with Crippen LogP contribution in [0.15, 0.2) is 22.6 Å². The molecule has 0 aliphatic carbocycles. The molecule has 86 valence electrons. The van der Waals surface area contributed by atoms with Crippen LogP contribution in [0.2, 0.25) is 0 Å². The summed E-state index contributed by atoms with van der Waals surface area (Å²) in [5.41, 5.74) is 9.34. The van der Waals surface area contributed by atoms with E-state index in [1.165, 1.54) is 16.5 Å². The molecule has 0 saturated heterocycles. The second-order valence-corrected chi connectivity index (χ2v) is 4.76. The predicted molar refractivity (Wildman–Crippen MR) is 67.6 cm³/mol. The van der Waals surface area contributed by atoms with Gasteiger partial charge in [0.15, 0.2) is 0 Å². The van der Waals surface area contributed by atoms with Crippen molar-refractivity contribution in [3.05, 3.63) is 35.1 Å². The van der Waals surface area contributed by atoms with Crippen LogP contribution in [0.3, 0.4) is 0 Å². The van der Waals surface area contributed by atoms with E-state index in [2.05, 4.69) is 39.0 Å². The number of nitrogens with two attached hydrogens (primary N) is 1. The molecule has 0 aliphatic heterocycles. The SMILES string of the molecule is Cc1c(C(C)N)oc2c(C(C)C)cccc12. The van der Waals surface area contributed by atoms with Gasteiger partial charge in [0.2, 0.25) is 0 Å². The molecule has 2 N–H and O–H groups in total. The first-order valence-electron chi connectivity index (χ1n) is 5.79. The summed E-state index contributed by atoms with van der Waals surface area (Å²) in [4.78, 5) is 0. The van der Waals surface area contributed by atoms with Crippen LogP contribution in [0.25, 0.3) is 11.0 Å². The molecule has 1 aromatic heterocycles. The molecule has 0 bridgehead atoms. The van der Waals surface area contributed by atoms with Crippen LogP contribution in [0, 0.1) is 6.92 Å². The van der Waals surface area contributed by atoms with Crippen molar-refractivity contribution in [1.29, 1.82) is 0 Å². The molecule has 2 heteroatoms. The summed E-state index contributed by atoms with van der Waals surface area (Å²) in [6.45, 7) is 8.39. The Bertz CT molecular complexity index is 509. The number of rotatable bonds is 2. The summed E-state index contributed by atoms with van der Waals surface area (Å²) >= 11 is 0. The van der Waals surface area contributed by atoms with E-state index in [1.807, 2.05) is 6.92 Å². The monoisotopic (exact) mass is 217 g/mol. The summed E-state index contributed by atoms with van der Waals surface area (Å²) in [5.74, 6) is 1.37. The number of fused-ring (bicyclic) bond motifs is 1. The lowest BCUT2D eigenvalue weighted by atomic mass is 10.00. The van der Waals surface area contributed by atoms with E-state index in [0.717, 1.165) is 11.3 Å². The lowest BCUT2D eigenvalue weighted by molar-refractivity contribution is 0.505. The number of para-hydroxylation sites is 1. The second-order valence-electron chi connectivity index (χ2n) is 4.76. The van der Waals surface area contributed by atoms with Gasteiger partial charge >= 0.3 is 0 Å². The van der Waals surface area contributed by atoms with Crippen molar-refractivity contribution in [2.75, 3.05) is 0 Å². The average molecular weight is 217 g/mol. The molecule has 0 saturated carbocycles. The van der Waals surface area contributed by atoms with Crippen LogP contribution in [0.4, 0.5) is 0 Å². The maximum absolute atomic E-state index is 5.93. The Morgan fingerprint density at radius 1 is 1.19 bits per heavy atom. The third-order valence-corrected chi connectivity index (χ3v) is 3.07. The highest BCUT2D eigenvalue weighted by Gasteiger charge is 2.16. The molecule has 2 nitrogen and oxygen atoms in total. The zero-order chi connectivity index (χ0) is 11.9. The molecule has 2 aromatic rings. The molecular formula is C14H19NO. The van der Waals surface area contributed by atoms with Crippen molar-refractivity contribution < 1.29 is 4.42 Å². The molecule has 0 spiro atoms. The Morgan fingerprint density at radius 2 is 1.88 bits per heavy atom. The smallest absolute Gasteiger partial charge is 0.138 e. The summed E-state index contributed by atoms with van der Waals surface area (Å²) in [5, 5.41) is 1.19. The molecule has 0 radical (unpaired) electrons. The van der Waals surface area contributed by atoms with Crippen molar-refractivity contribution in [2.45, 2.75) is 39.7 Å². The summed E-state index contributed by atoms with van der Waals surface area (Å²) < 4.78 is 5.93. The van der Waals surface area contributed by atoms with E-state index in [-0.39, 0.29) is 6.04 Å². The van der Waals surface area contributed by atoms with E-state index >= 15 is 0 Å². The van der Waals surface area contributed by atoms with Crippen LogP contribution in [-0.4, -0.2) is 0 Å². The van der Waals surface area contributed by atoms with Crippen LogP contribution in [0.1, 0.15) is 49.6 Å². The van der Waals surface area contributed by atoms with Gasteiger partial charge in [-0.1, -0.05) is 32.0 Å². The standard InChI is InChI=1S/C14H19NO/c1-8(2)11-6-5-7-12-9(3)13(10(4)15)16-14(11)12/h5-8,10H,15H2,1-4H3. The van der Waals surface area contributed by atoms with Gasteiger partial charge < -0.3 is 10.2 Å². The highest BCUT2D eigenvalue weighted by atomic mass is 16.3. The van der Waals surface area contributed by atoms with Gasteiger partial charge in [-0.05, 0) is 30.9 Å². The molecule has 0 amide bonds. The van der Waals surface area contributed by atoms with E-state index in [9.17, 15) is 0 Å². The number of benzene rings is 1. The molecule has 2 rings (SSSR count). The summed E-state index contributed by atoms with van der Waals surface area (Å²) in [7, 11) is 0. The lowest BCUT2D eigenvalue weighted by Gasteiger charge is -2.05. The van der Waals surface area contributed by atoms with Crippen LogP contribution in [-0.2, 0) is 0 Å². The van der Waals surface area contributed by atoms with E-state index in [4.69, 9.17) is 10.2 Å². The Morgan fingerprint density at radius 3 is 2.44 bits per heavy atom. The van der Waals surface area contributed by atoms with Crippen LogP contribution in [0.5, 0.6) is 0 Å². The lowest BCUT2D eigenvalue weighted by Crippen LogP contribution is -2.04. The van der Waals surface area contributed by atoms with Crippen molar-refractivity contribution in [3.63, 3.8) is 0 Å². The van der Waals surface area contributed by atoms with Gasteiger partial charge in [-0.25, -0.2) is 0 Å². The van der Waals surface area contributed by atoms with Gasteiger partial charge in [-0.2, -0.15) is 0 Å². The Balaban J connectivity index is 2.75. The third-order valence-electron chi connectivity index (χ3n) is 3.07. The highest BCUT2D eigenvalue weighted by Crippen LogP contribution is 2.33. The highest BCUT2D eigenvalue weighted by molar-refractivity contribution is 5.85. The zero-order valence-corrected chi connectivity index (χ0v) is 10.4. The molecule has 1 aromatic carbocycles. The van der Waals surface area contributed by atoms with Crippen molar-refractivity contribution >= 4 is 11.0 Å². The largest absolute Gasteiger partial charge is 0.459 e. The Hall–Kier alpha value is -1.28. The minimum atomic E-state index is -0.0487. The first-order chi connectivity index (χ1) is 7.52. The zero-order valence-electron chi connectivity index (χ0n) is 10.4. The van der Waals surface area contributed by atoms with Crippen molar-refractivity contribution in [2.24, 2.45) is 5.73 Å². The Labute approximate surface area is 96.4 Å². The summed E-state index contributed by atoms with van der Waals surface area (Å²) in [6, 6.07) is 6.27. The fourth-order valence-electron chi connectivity index (χ4n) is 2.17. The average Bonchev–Trinajstić information content (AvgIpc) is 2.56. The van der Waals surface area contributed by atoms with Crippen molar-refractivity contribution in [1.82, 2.24) is 0 Å². The number of aryl methyl sites for hydroxylation is 1. The second kappa shape index (κ2) is 3.95. The maximum atomic E-state index is 5.93. The van der Waals surface area contributed by atoms with E-state index in [1.54, 1.807) is 0 Å². The first kappa shape index (κ1) is 11.2. The Kier molecular flexibility index (Phi) is 2.76. The molecular weight excluding hydrogens is 198 g/mol. The van der Waals surface area contributed by atoms with Gasteiger partial charge in [-0.3, -0.25) is 0 Å². The van der Waals surface area contributed by atoms with Gasteiger partial charge in [0.1, 0.15) is 11.3 Å². The first-order valence-corrected chi connectivity index (χ1v) is 5.79. The fraction of sp³-hybridized carbons (Fsp3) is 0.429. The topological polar surface area (TPSA) is 39.2 Å². The number of furan rings is 1. The number of hydrogen-bond donors (Lipinski definition) is 1.